The molecule has 1 saturated heterocycles. The number of carbonyl (C=O) groups excluding carboxylic acids is 1. The second-order valence-corrected chi connectivity index (χ2v) is 4.94. The van der Waals surface area contributed by atoms with Gasteiger partial charge in [-0.3, -0.25) is 4.79 Å². The van der Waals surface area contributed by atoms with E-state index in [1.807, 2.05) is 13.8 Å². The molecule has 0 aromatic rings. The third-order valence-corrected chi connectivity index (χ3v) is 2.76. The van der Waals surface area contributed by atoms with Gasteiger partial charge in [-0.05, 0) is 26.7 Å². The average Bonchev–Trinajstić information content (AvgIpc) is 3.00. The molecule has 0 unspecified atom stereocenters. The van der Waals surface area contributed by atoms with Gasteiger partial charge in [-0.25, -0.2) is 0 Å². The van der Waals surface area contributed by atoms with Gasteiger partial charge in [0.15, 0.2) is 5.79 Å². The van der Waals surface area contributed by atoms with Gasteiger partial charge in [-0.2, -0.15) is 0 Å². The zero-order valence-corrected chi connectivity index (χ0v) is 9.91. The Morgan fingerprint density at radius 1 is 1.25 bits per heavy atom. The summed E-state index contributed by atoms with van der Waals surface area (Å²) in [7, 11) is 0. The monoisotopic (exact) mass is 228 g/mol. The van der Waals surface area contributed by atoms with Crippen molar-refractivity contribution in [2.75, 3.05) is 19.8 Å². The van der Waals surface area contributed by atoms with Crippen molar-refractivity contribution < 1.29 is 14.3 Å². The molecule has 2 fully saturated rings. The summed E-state index contributed by atoms with van der Waals surface area (Å²) in [4.78, 5) is 11.4. The van der Waals surface area contributed by atoms with Gasteiger partial charge in [0.1, 0.15) is 0 Å². The highest BCUT2D eigenvalue weighted by molar-refractivity contribution is 5.78. The molecule has 5 nitrogen and oxygen atoms in total. The zero-order chi connectivity index (χ0) is 11.6. The number of amides is 1. The summed E-state index contributed by atoms with van der Waals surface area (Å²) in [6.07, 6.45) is 2.24. The lowest BCUT2D eigenvalue weighted by Crippen LogP contribution is -2.50. The predicted molar refractivity (Wildman–Crippen MR) is 58.9 cm³/mol. The fraction of sp³-hybridized carbons (Fsp3) is 0.909. The molecule has 0 radical (unpaired) electrons. The van der Waals surface area contributed by atoms with Crippen molar-refractivity contribution >= 4 is 5.91 Å². The summed E-state index contributed by atoms with van der Waals surface area (Å²) in [6.45, 7) is 5.30. The van der Waals surface area contributed by atoms with E-state index in [9.17, 15) is 4.79 Å². The normalized spacial score (nSPS) is 25.4. The van der Waals surface area contributed by atoms with Gasteiger partial charge >= 0.3 is 0 Å². The minimum Gasteiger partial charge on any atom is -0.352 e. The van der Waals surface area contributed by atoms with Crippen LogP contribution in [0.4, 0.5) is 0 Å². The van der Waals surface area contributed by atoms with E-state index in [4.69, 9.17) is 9.47 Å². The topological polar surface area (TPSA) is 59.6 Å². The Labute approximate surface area is 95.9 Å². The van der Waals surface area contributed by atoms with Crippen LogP contribution in [0.3, 0.4) is 0 Å². The molecule has 2 aliphatic rings. The number of carbonyl (C=O) groups is 1. The number of rotatable bonds is 4. The number of hydrogen-bond donors (Lipinski definition) is 2. The second kappa shape index (κ2) is 4.69. The first-order chi connectivity index (χ1) is 7.55. The molecule has 2 N–H and O–H groups in total. The lowest BCUT2D eigenvalue weighted by atomic mass is 10.2. The van der Waals surface area contributed by atoms with Crippen LogP contribution in [0, 0.1) is 0 Å². The van der Waals surface area contributed by atoms with Crippen LogP contribution in [-0.2, 0) is 14.3 Å². The van der Waals surface area contributed by atoms with Gasteiger partial charge in [0.25, 0.3) is 0 Å². The molecule has 1 heterocycles. The van der Waals surface area contributed by atoms with Crippen LogP contribution in [0.25, 0.3) is 0 Å². The molecule has 92 valence electrons. The summed E-state index contributed by atoms with van der Waals surface area (Å²) >= 11 is 0. The van der Waals surface area contributed by atoms with Gasteiger partial charge in [0.05, 0.1) is 25.8 Å². The Morgan fingerprint density at radius 2 is 1.88 bits per heavy atom. The Kier molecular flexibility index (Phi) is 3.47. The second-order valence-electron chi connectivity index (χ2n) is 4.94. The molecule has 1 aliphatic carbocycles. The summed E-state index contributed by atoms with van der Waals surface area (Å²) in [6, 6.07) is 0.532. The number of ether oxygens (including phenoxy) is 2. The van der Waals surface area contributed by atoms with E-state index in [2.05, 4.69) is 10.6 Å². The van der Waals surface area contributed by atoms with Crippen molar-refractivity contribution in [1.82, 2.24) is 10.6 Å². The summed E-state index contributed by atoms with van der Waals surface area (Å²) in [5, 5.41) is 6.06. The molecular formula is C11H20N2O3. The highest BCUT2D eigenvalue weighted by Crippen LogP contribution is 2.18. The van der Waals surface area contributed by atoms with Crippen molar-refractivity contribution in [3.8, 4) is 0 Å². The largest absolute Gasteiger partial charge is 0.352 e. The molecule has 1 saturated carbocycles. The lowest BCUT2D eigenvalue weighted by molar-refractivity contribution is -0.252. The molecule has 0 bridgehead atoms. The van der Waals surface area contributed by atoms with Gasteiger partial charge in [-0.15, -0.1) is 0 Å². The summed E-state index contributed by atoms with van der Waals surface area (Å²) in [5.41, 5.74) is 0. The minimum atomic E-state index is -0.492. The first kappa shape index (κ1) is 11.8. The van der Waals surface area contributed by atoms with E-state index in [1.165, 1.54) is 0 Å². The zero-order valence-electron chi connectivity index (χ0n) is 9.91. The molecule has 1 amide bonds. The maximum atomic E-state index is 11.4. The van der Waals surface area contributed by atoms with Gasteiger partial charge < -0.3 is 20.1 Å². The molecule has 0 aromatic heterocycles. The van der Waals surface area contributed by atoms with Crippen LogP contribution < -0.4 is 10.6 Å². The van der Waals surface area contributed by atoms with Crippen LogP contribution in [0.5, 0.6) is 0 Å². The first-order valence-electron chi connectivity index (χ1n) is 5.86. The molecule has 1 aliphatic heterocycles. The van der Waals surface area contributed by atoms with Crippen molar-refractivity contribution in [2.45, 2.75) is 44.6 Å². The van der Waals surface area contributed by atoms with E-state index >= 15 is 0 Å². The van der Waals surface area contributed by atoms with E-state index in [0.29, 0.717) is 25.8 Å². The minimum absolute atomic E-state index is 0.0623. The van der Waals surface area contributed by atoms with Crippen molar-refractivity contribution in [1.29, 1.82) is 0 Å². The SMILES string of the molecule is CC1(C)OCC(NCC(=O)NC2CC2)CO1. The van der Waals surface area contributed by atoms with Crippen LogP contribution in [0.2, 0.25) is 0 Å². The van der Waals surface area contributed by atoms with Crippen LogP contribution in [-0.4, -0.2) is 43.5 Å². The van der Waals surface area contributed by atoms with Gasteiger partial charge in [0, 0.05) is 6.04 Å². The van der Waals surface area contributed by atoms with E-state index < -0.39 is 5.79 Å². The van der Waals surface area contributed by atoms with Crippen LogP contribution >= 0.6 is 0 Å². The highest BCUT2D eigenvalue weighted by atomic mass is 16.7. The fourth-order valence-electron chi connectivity index (χ4n) is 1.55. The number of hydrogen-bond acceptors (Lipinski definition) is 4. The van der Waals surface area contributed by atoms with Crippen molar-refractivity contribution in [3.63, 3.8) is 0 Å². The molecule has 0 aromatic carbocycles. The van der Waals surface area contributed by atoms with Gasteiger partial charge in [-0.1, -0.05) is 0 Å². The Morgan fingerprint density at radius 3 is 2.44 bits per heavy atom. The maximum Gasteiger partial charge on any atom is 0.234 e. The molecule has 16 heavy (non-hydrogen) atoms. The summed E-state index contributed by atoms with van der Waals surface area (Å²) in [5.74, 6) is -0.429. The molecular weight excluding hydrogens is 208 g/mol. The Hall–Kier alpha value is -0.650. The van der Waals surface area contributed by atoms with Crippen molar-refractivity contribution in [2.24, 2.45) is 0 Å². The van der Waals surface area contributed by atoms with E-state index in [-0.39, 0.29) is 11.9 Å². The van der Waals surface area contributed by atoms with Crippen LogP contribution in [0.15, 0.2) is 0 Å². The molecule has 5 heteroatoms. The van der Waals surface area contributed by atoms with E-state index in [1.54, 1.807) is 0 Å². The van der Waals surface area contributed by atoms with Gasteiger partial charge in [0.2, 0.25) is 5.91 Å². The van der Waals surface area contributed by atoms with Crippen molar-refractivity contribution in [3.05, 3.63) is 0 Å². The Bertz CT molecular complexity index is 254. The standard InChI is InChI=1S/C11H20N2O3/c1-11(2)15-6-9(7-16-11)12-5-10(14)13-8-3-4-8/h8-9,12H,3-7H2,1-2H3,(H,13,14). The van der Waals surface area contributed by atoms with Crippen LogP contribution in [0.1, 0.15) is 26.7 Å². The Balaban J connectivity index is 1.61. The maximum absolute atomic E-state index is 11.4. The third-order valence-electron chi connectivity index (χ3n) is 2.76. The number of nitrogens with one attached hydrogen (secondary N) is 2. The predicted octanol–water partition coefficient (Wildman–Crippen LogP) is 0.00610. The molecule has 0 spiro atoms. The molecule has 0 atom stereocenters. The third kappa shape index (κ3) is 3.73. The average molecular weight is 228 g/mol. The van der Waals surface area contributed by atoms with E-state index in [0.717, 1.165) is 12.8 Å². The smallest absolute Gasteiger partial charge is 0.234 e. The molecule has 2 rings (SSSR count). The first-order valence-corrected chi connectivity index (χ1v) is 5.86. The quantitative estimate of drug-likeness (QED) is 0.711. The summed E-state index contributed by atoms with van der Waals surface area (Å²) < 4.78 is 11.0. The lowest BCUT2D eigenvalue weighted by Gasteiger charge is -2.35. The highest BCUT2D eigenvalue weighted by Gasteiger charge is 2.28. The fourth-order valence-corrected chi connectivity index (χ4v) is 1.55.